The third-order valence-electron chi connectivity index (χ3n) is 4.10. The summed E-state index contributed by atoms with van der Waals surface area (Å²) in [6, 6.07) is 7.65. The van der Waals surface area contributed by atoms with Gasteiger partial charge in [0.05, 0.1) is 32.5 Å². The minimum atomic E-state index is -3.07. The van der Waals surface area contributed by atoms with Gasteiger partial charge in [-0.3, -0.25) is 0 Å². The molecule has 8 heteroatoms. The number of rotatable bonds is 11. The molecule has 0 saturated carbocycles. The smallest absolute Gasteiger partial charge is 0.388 e. The van der Waals surface area contributed by atoms with Gasteiger partial charge >= 0.3 is 6.80 Å². The zero-order valence-electron chi connectivity index (χ0n) is 15.7. The van der Waals surface area contributed by atoms with Gasteiger partial charge < -0.3 is 23.6 Å². The van der Waals surface area contributed by atoms with Gasteiger partial charge in [0.1, 0.15) is 0 Å². The zero-order valence-corrected chi connectivity index (χ0v) is 17.4. The molecular weight excluding hydrogens is 375 g/mol. The van der Waals surface area contributed by atoms with Gasteiger partial charge in [0, 0.05) is 11.3 Å². The van der Waals surface area contributed by atoms with Gasteiger partial charge in [0.25, 0.3) is 0 Å². The van der Waals surface area contributed by atoms with Gasteiger partial charge in [-0.2, -0.15) is 0 Å². The third-order valence-corrected chi connectivity index (χ3v) is 8.17. The quantitative estimate of drug-likeness (QED) is 0.426. The monoisotopic (exact) mass is 404 g/mol. The highest BCUT2D eigenvalue weighted by molar-refractivity contribution is 8.55. The molecule has 1 saturated heterocycles. The first-order valence-electron chi connectivity index (χ1n) is 9.02. The van der Waals surface area contributed by atoms with Crippen LogP contribution in [0.15, 0.2) is 24.3 Å². The molecule has 1 atom stereocenters. The summed E-state index contributed by atoms with van der Waals surface area (Å²) in [5.41, 5.74) is 1.79. The Morgan fingerprint density at radius 2 is 1.77 bits per heavy atom. The average molecular weight is 404 g/mol. The molecule has 26 heavy (non-hydrogen) atoms. The Morgan fingerprint density at radius 1 is 1.19 bits per heavy atom. The van der Waals surface area contributed by atoms with Gasteiger partial charge in [-0.1, -0.05) is 24.3 Å². The van der Waals surface area contributed by atoms with Crippen LogP contribution in [0.5, 0.6) is 0 Å². The molecule has 0 spiro atoms. The maximum absolute atomic E-state index is 12.4. The number of hydrogen-bond donors (Lipinski definition) is 1. The lowest BCUT2D eigenvalue weighted by atomic mass is 10.0. The number of benzene rings is 1. The Hall–Kier alpha value is -0.400. The van der Waals surface area contributed by atoms with E-state index in [1.807, 2.05) is 31.2 Å². The van der Waals surface area contributed by atoms with E-state index >= 15 is 0 Å². The predicted octanol–water partition coefficient (Wildman–Crippen LogP) is 4.63. The second-order valence-electron chi connectivity index (χ2n) is 6.04. The van der Waals surface area contributed by atoms with Crippen LogP contribution in [0.25, 0.3) is 0 Å². The van der Waals surface area contributed by atoms with Crippen molar-refractivity contribution >= 4 is 18.2 Å². The summed E-state index contributed by atoms with van der Waals surface area (Å²) in [5.74, 6) is -0.0913. The predicted molar refractivity (Wildman–Crippen MR) is 103 cm³/mol. The number of aliphatic hydroxyl groups excluding tert-OH is 1. The van der Waals surface area contributed by atoms with Crippen molar-refractivity contribution in [2.75, 3.05) is 32.2 Å². The van der Waals surface area contributed by atoms with Crippen LogP contribution in [-0.4, -0.2) is 37.3 Å². The largest absolute Gasteiger partial charge is 0.389 e. The van der Waals surface area contributed by atoms with E-state index in [1.165, 1.54) is 11.4 Å². The topological polar surface area (TPSA) is 74.2 Å². The first-order valence-corrected chi connectivity index (χ1v) is 12.2. The lowest BCUT2D eigenvalue weighted by Gasteiger charge is -2.23. The summed E-state index contributed by atoms with van der Waals surface area (Å²) in [5, 5.41) is 10.4. The first kappa shape index (κ1) is 21.9. The van der Waals surface area contributed by atoms with Crippen LogP contribution in [-0.2, 0) is 28.9 Å². The number of aliphatic hydroxyl groups is 1. The van der Waals surface area contributed by atoms with Crippen molar-refractivity contribution in [3.8, 4) is 0 Å². The molecule has 1 aliphatic rings. The summed E-state index contributed by atoms with van der Waals surface area (Å²) >= 11 is 1.20. The van der Waals surface area contributed by atoms with Crippen LogP contribution in [0.1, 0.15) is 50.8 Å². The van der Waals surface area contributed by atoms with Crippen LogP contribution >= 0.6 is 18.2 Å². The maximum Gasteiger partial charge on any atom is 0.389 e. The van der Waals surface area contributed by atoms with Crippen molar-refractivity contribution in [3.63, 3.8) is 0 Å². The van der Waals surface area contributed by atoms with E-state index in [4.69, 9.17) is 18.5 Å². The van der Waals surface area contributed by atoms with Crippen LogP contribution in [0.3, 0.4) is 0 Å². The standard InChI is InChI=1S/C18H29O6PS/c1-4-23-25(20,24-5-2)26-14-6-7-17(19)15-8-10-16(11-9-15)18(3)21-12-13-22-18/h8-11,17,19H,4-7,12-14H2,1-3H3/t17-/m1/s1. The molecule has 1 aromatic rings. The molecule has 1 aromatic carbocycles. The zero-order chi connectivity index (χ0) is 19.0. The molecule has 1 N–H and O–H groups in total. The van der Waals surface area contributed by atoms with Crippen LogP contribution in [0.2, 0.25) is 0 Å². The van der Waals surface area contributed by atoms with Crippen LogP contribution in [0.4, 0.5) is 0 Å². The first-order chi connectivity index (χ1) is 12.4. The van der Waals surface area contributed by atoms with Gasteiger partial charge in [0.2, 0.25) is 0 Å². The second kappa shape index (κ2) is 10.2. The Bertz CT molecular complexity index is 578. The fraction of sp³-hybridized carbons (Fsp3) is 0.667. The Kier molecular flexibility index (Phi) is 8.61. The molecule has 1 fully saturated rings. The summed E-state index contributed by atoms with van der Waals surface area (Å²) in [7, 11) is 0. The maximum atomic E-state index is 12.4. The van der Waals surface area contributed by atoms with Crippen molar-refractivity contribution in [3.05, 3.63) is 35.4 Å². The molecule has 1 aliphatic heterocycles. The third kappa shape index (κ3) is 6.06. The molecule has 2 rings (SSSR count). The van der Waals surface area contributed by atoms with Crippen molar-refractivity contribution < 1.29 is 28.2 Å². The molecule has 0 aliphatic carbocycles. The van der Waals surface area contributed by atoms with Crippen molar-refractivity contribution in [2.24, 2.45) is 0 Å². The lowest BCUT2D eigenvalue weighted by molar-refractivity contribution is -0.149. The molecule has 0 aromatic heterocycles. The van der Waals surface area contributed by atoms with Crippen LogP contribution in [0, 0.1) is 0 Å². The highest BCUT2D eigenvalue weighted by Gasteiger charge is 2.33. The minimum Gasteiger partial charge on any atom is -0.388 e. The summed E-state index contributed by atoms with van der Waals surface area (Å²) in [6.07, 6.45) is 0.720. The molecule has 1 heterocycles. The number of hydrogen-bond acceptors (Lipinski definition) is 7. The molecule has 0 bridgehead atoms. The van der Waals surface area contributed by atoms with E-state index in [-0.39, 0.29) is 0 Å². The summed E-state index contributed by atoms with van der Waals surface area (Å²) in [4.78, 5) is 0. The molecule has 148 valence electrons. The van der Waals surface area contributed by atoms with Gasteiger partial charge in [0.15, 0.2) is 5.79 Å². The Balaban J connectivity index is 1.80. The second-order valence-corrected chi connectivity index (χ2v) is 10.2. The lowest BCUT2D eigenvalue weighted by Crippen LogP contribution is -2.22. The SMILES string of the molecule is CCOP(=O)(OCC)SCCC[C@@H](O)c1ccc(C2(C)OCCO2)cc1. The average Bonchev–Trinajstić information content (AvgIpc) is 3.07. The molecule has 0 radical (unpaired) electrons. The van der Waals surface area contributed by atoms with E-state index < -0.39 is 18.7 Å². The van der Waals surface area contributed by atoms with E-state index in [0.29, 0.717) is 45.0 Å². The minimum absolute atomic E-state index is 0.353. The summed E-state index contributed by atoms with van der Waals surface area (Å²) in [6.45, 7) is 4.30. The Labute approximate surface area is 159 Å². The van der Waals surface area contributed by atoms with E-state index in [9.17, 15) is 9.67 Å². The molecule has 0 amide bonds. The van der Waals surface area contributed by atoms with Gasteiger partial charge in [-0.25, -0.2) is 4.57 Å². The molecular formula is C18H29O6PS. The molecule has 6 nitrogen and oxygen atoms in total. The van der Waals surface area contributed by atoms with E-state index in [2.05, 4.69) is 0 Å². The van der Waals surface area contributed by atoms with Crippen LogP contribution < -0.4 is 0 Å². The van der Waals surface area contributed by atoms with Crippen molar-refractivity contribution in [1.82, 2.24) is 0 Å². The highest BCUT2D eigenvalue weighted by atomic mass is 32.7. The normalized spacial score (nSPS) is 18.2. The Morgan fingerprint density at radius 3 is 2.31 bits per heavy atom. The van der Waals surface area contributed by atoms with Gasteiger partial charge in [-0.05, 0) is 50.6 Å². The van der Waals surface area contributed by atoms with E-state index in [0.717, 1.165) is 11.1 Å². The van der Waals surface area contributed by atoms with Crippen molar-refractivity contribution in [2.45, 2.75) is 45.5 Å². The number of ether oxygens (including phenoxy) is 2. The fourth-order valence-electron chi connectivity index (χ4n) is 2.74. The molecule has 0 unspecified atom stereocenters. The van der Waals surface area contributed by atoms with E-state index in [1.54, 1.807) is 13.8 Å². The van der Waals surface area contributed by atoms with Gasteiger partial charge in [-0.15, -0.1) is 0 Å². The summed E-state index contributed by atoms with van der Waals surface area (Å²) < 4.78 is 34.1. The van der Waals surface area contributed by atoms with Crippen molar-refractivity contribution in [1.29, 1.82) is 0 Å². The highest BCUT2D eigenvalue weighted by Crippen LogP contribution is 2.60. The fourth-order valence-corrected chi connectivity index (χ4v) is 6.25.